The number of halogens is 2. The van der Waals surface area contributed by atoms with Crippen LogP contribution in [0.5, 0.6) is 0 Å². The molecule has 6 nitrogen and oxygen atoms in total. The van der Waals surface area contributed by atoms with Gasteiger partial charge in [-0.3, -0.25) is 25.4 Å². The zero-order valence-electron chi connectivity index (χ0n) is 12.6. The minimum absolute atomic E-state index is 0.0149. The molecular weight excluding hydrogens is 365 g/mol. The Labute approximate surface area is 152 Å². The van der Waals surface area contributed by atoms with Gasteiger partial charge in [-0.05, 0) is 42.5 Å². The molecule has 3 rings (SSSR count). The van der Waals surface area contributed by atoms with Crippen LogP contribution in [0, 0.1) is 0 Å². The van der Waals surface area contributed by atoms with Crippen molar-refractivity contribution in [3.8, 4) is 11.3 Å². The third-order valence-electron chi connectivity index (χ3n) is 3.26. The Balaban J connectivity index is 1.69. The van der Waals surface area contributed by atoms with Gasteiger partial charge in [0.2, 0.25) is 0 Å². The number of hydrogen-bond donors (Lipinski definition) is 2. The van der Waals surface area contributed by atoms with E-state index in [1.54, 1.807) is 24.3 Å². The van der Waals surface area contributed by atoms with Crippen LogP contribution in [0.4, 0.5) is 0 Å². The molecule has 0 saturated heterocycles. The van der Waals surface area contributed by atoms with Crippen LogP contribution in [-0.4, -0.2) is 16.8 Å². The summed E-state index contributed by atoms with van der Waals surface area (Å²) in [5.74, 6) is -0.675. The summed E-state index contributed by atoms with van der Waals surface area (Å²) in [6.07, 6.45) is 2.95. The first-order valence-corrected chi connectivity index (χ1v) is 7.86. The highest BCUT2D eigenvalue weighted by Crippen LogP contribution is 2.31. The van der Waals surface area contributed by atoms with Gasteiger partial charge < -0.3 is 4.42 Å². The van der Waals surface area contributed by atoms with Crippen LogP contribution in [0.25, 0.3) is 11.3 Å². The zero-order chi connectivity index (χ0) is 17.8. The van der Waals surface area contributed by atoms with Gasteiger partial charge in [0.05, 0.1) is 5.02 Å². The molecule has 126 valence electrons. The molecule has 2 N–H and O–H groups in total. The van der Waals surface area contributed by atoms with Gasteiger partial charge in [0, 0.05) is 28.5 Å². The zero-order valence-corrected chi connectivity index (χ0v) is 14.1. The van der Waals surface area contributed by atoms with Gasteiger partial charge in [-0.1, -0.05) is 23.2 Å². The lowest BCUT2D eigenvalue weighted by atomic mass is 10.2. The largest absolute Gasteiger partial charge is 0.451 e. The lowest BCUT2D eigenvalue weighted by Crippen LogP contribution is -2.41. The molecule has 3 aromatic rings. The minimum atomic E-state index is -0.605. The van der Waals surface area contributed by atoms with Crippen molar-refractivity contribution >= 4 is 35.0 Å². The van der Waals surface area contributed by atoms with Crippen molar-refractivity contribution in [2.45, 2.75) is 0 Å². The molecule has 8 heteroatoms. The van der Waals surface area contributed by atoms with E-state index in [4.69, 9.17) is 27.6 Å². The summed E-state index contributed by atoms with van der Waals surface area (Å²) in [4.78, 5) is 27.8. The van der Waals surface area contributed by atoms with Gasteiger partial charge in [-0.15, -0.1) is 0 Å². The van der Waals surface area contributed by atoms with Crippen LogP contribution in [-0.2, 0) is 0 Å². The Bertz CT molecular complexity index is 926. The number of rotatable bonds is 3. The second kappa shape index (κ2) is 7.38. The first-order chi connectivity index (χ1) is 12.0. The Morgan fingerprint density at radius 2 is 1.64 bits per heavy atom. The first kappa shape index (κ1) is 17.0. The van der Waals surface area contributed by atoms with E-state index in [9.17, 15) is 9.59 Å². The van der Waals surface area contributed by atoms with Gasteiger partial charge in [0.15, 0.2) is 5.76 Å². The molecule has 25 heavy (non-hydrogen) atoms. The normalized spacial score (nSPS) is 10.3. The van der Waals surface area contributed by atoms with Crippen molar-refractivity contribution in [2.24, 2.45) is 0 Å². The van der Waals surface area contributed by atoms with Gasteiger partial charge in [0.25, 0.3) is 5.91 Å². The third-order valence-corrected chi connectivity index (χ3v) is 3.82. The maximum Gasteiger partial charge on any atom is 0.305 e. The fourth-order valence-corrected chi connectivity index (χ4v) is 2.42. The van der Waals surface area contributed by atoms with Crippen LogP contribution in [0.2, 0.25) is 10.0 Å². The lowest BCUT2D eigenvalue weighted by Gasteiger charge is -2.05. The summed E-state index contributed by atoms with van der Waals surface area (Å²) in [5, 5.41) is 0.933. The lowest BCUT2D eigenvalue weighted by molar-refractivity contribution is 0.0831. The van der Waals surface area contributed by atoms with Crippen molar-refractivity contribution in [3.05, 3.63) is 76.2 Å². The third kappa shape index (κ3) is 3.99. The number of nitrogens with zero attached hydrogens (tertiary/aromatic N) is 1. The molecule has 0 aliphatic carbocycles. The van der Waals surface area contributed by atoms with Gasteiger partial charge in [0.1, 0.15) is 5.76 Å². The molecule has 0 radical (unpaired) electrons. The van der Waals surface area contributed by atoms with Crippen molar-refractivity contribution < 1.29 is 14.0 Å². The van der Waals surface area contributed by atoms with E-state index in [1.165, 1.54) is 30.6 Å². The van der Waals surface area contributed by atoms with Crippen molar-refractivity contribution in [2.75, 3.05) is 0 Å². The summed E-state index contributed by atoms with van der Waals surface area (Å²) in [5.41, 5.74) is 5.50. The molecule has 0 unspecified atom stereocenters. The van der Waals surface area contributed by atoms with Crippen LogP contribution in [0.1, 0.15) is 20.9 Å². The molecule has 0 fully saturated rings. The van der Waals surface area contributed by atoms with E-state index in [1.807, 2.05) is 0 Å². The molecule has 0 spiro atoms. The van der Waals surface area contributed by atoms with E-state index < -0.39 is 11.8 Å². The molecule has 2 amide bonds. The smallest absolute Gasteiger partial charge is 0.305 e. The Kier molecular flexibility index (Phi) is 5.02. The molecular formula is C17H11Cl2N3O3. The maximum absolute atomic E-state index is 12.1. The number of furan rings is 1. The van der Waals surface area contributed by atoms with Crippen LogP contribution < -0.4 is 10.9 Å². The number of nitrogens with one attached hydrogen (secondary N) is 2. The Morgan fingerprint density at radius 3 is 2.40 bits per heavy atom. The highest BCUT2D eigenvalue weighted by molar-refractivity contribution is 6.35. The Hall–Kier alpha value is -2.83. The van der Waals surface area contributed by atoms with Crippen molar-refractivity contribution in [1.29, 1.82) is 0 Å². The molecule has 1 aromatic carbocycles. The van der Waals surface area contributed by atoms with E-state index >= 15 is 0 Å². The number of amides is 2. The number of hydrazine groups is 1. The summed E-state index contributed by atoms with van der Waals surface area (Å²) >= 11 is 12.1. The first-order valence-electron chi connectivity index (χ1n) is 7.10. The molecule has 0 bridgehead atoms. The average molecular weight is 376 g/mol. The standard InChI is InChI=1S/C17H11Cl2N3O3/c18-11-1-2-13(19)12(9-11)14-3-4-15(25-14)17(24)22-21-16(23)10-5-7-20-8-6-10/h1-9H,(H,21,23)(H,22,24). The van der Waals surface area contributed by atoms with E-state index in [0.29, 0.717) is 26.9 Å². The molecule has 2 heterocycles. The monoisotopic (exact) mass is 375 g/mol. The number of carbonyl (C=O) groups excluding carboxylic acids is 2. The number of hydrogen-bond acceptors (Lipinski definition) is 4. The van der Waals surface area contributed by atoms with Crippen LogP contribution >= 0.6 is 23.2 Å². The second-order valence-electron chi connectivity index (χ2n) is 4.93. The minimum Gasteiger partial charge on any atom is -0.451 e. The van der Waals surface area contributed by atoms with E-state index in [2.05, 4.69) is 15.8 Å². The highest BCUT2D eigenvalue weighted by Gasteiger charge is 2.15. The number of benzene rings is 1. The average Bonchev–Trinajstić information content (AvgIpc) is 3.12. The molecule has 0 aliphatic heterocycles. The fraction of sp³-hybridized carbons (Fsp3) is 0. The molecule has 0 aliphatic rings. The summed E-state index contributed by atoms with van der Waals surface area (Å²) in [6.45, 7) is 0. The number of aromatic nitrogens is 1. The van der Waals surface area contributed by atoms with Gasteiger partial charge in [-0.2, -0.15) is 0 Å². The molecule has 0 atom stereocenters. The summed E-state index contributed by atoms with van der Waals surface area (Å²) in [7, 11) is 0. The predicted molar refractivity (Wildman–Crippen MR) is 93.3 cm³/mol. The fourth-order valence-electron chi connectivity index (χ4n) is 2.04. The van der Waals surface area contributed by atoms with Crippen molar-refractivity contribution in [3.63, 3.8) is 0 Å². The van der Waals surface area contributed by atoms with Crippen molar-refractivity contribution in [1.82, 2.24) is 15.8 Å². The second-order valence-corrected chi connectivity index (χ2v) is 5.78. The van der Waals surface area contributed by atoms with E-state index in [-0.39, 0.29) is 5.76 Å². The number of pyridine rings is 1. The molecule has 2 aromatic heterocycles. The number of carbonyl (C=O) groups is 2. The van der Waals surface area contributed by atoms with E-state index in [0.717, 1.165) is 0 Å². The van der Waals surface area contributed by atoms with Gasteiger partial charge >= 0.3 is 5.91 Å². The highest BCUT2D eigenvalue weighted by atomic mass is 35.5. The SMILES string of the molecule is O=C(NNC(=O)c1ccc(-c2cc(Cl)ccc2Cl)o1)c1ccncc1. The molecule has 0 saturated carbocycles. The van der Waals surface area contributed by atoms with Crippen LogP contribution in [0.3, 0.4) is 0 Å². The maximum atomic E-state index is 12.1. The predicted octanol–water partition coefficient (Wildman–Crippen LogP) is 3.72. The summed E-state index contributed by atoms with van der Waals surface area (Å²) < 4.78 is 5.49. The topological polar surface area (TPSA) is 84.2 Å². The quantitative estimate of drug-likeness (QED) is 0.683. The summed E-state index contributed by atoms with van der Waals surface area (Å²) in [6, 6.07) is 11.0. The van der Waals surface area contributed by atoms with Gasteiger partial charge in [-0.25, -0.2) is 0 Å². The van der Waals surface area contributed by atoms with Crippen LogP contribution in [0.15, 0.2) is 59.3 Å². The Morgan fingerprint density at radius 1 is 0.920 bits per heavy atom.